The van der Waals surface area contributed by atoms with Crippen LogP contribution in [0.25, 0.3) is 10.4 Å². The summed E-state index contributed by atoms with van der Waals surface area (Å²) in [5, 5.41) is 9.03. The number of hydrogen-bond acceptors (Lipinski definition) is 7. The van der Waals surface area contributed by atoms with E-state index in [4.69, 9.17) is 0 Å². The molecular weight excluding hydrogens is 539 g/mol. The number of thiazole rings is 1. The first-order valence-electron chi connectivity index (χ1n) is 12.3. The Balaban J connectivity index is 1.43. The van der Waals surface area contributed by atoms with Gasteiger partial charge < -0.3 is 4.90 Å². The molecule has 2 saturated carbocycles. The molecule has 0 spiro atoms. The molecule has 2 heterocycles. The number of benzene rings is 1. The Labute approximate surface area is 222 Å². The standard InChI is InChI=1S/C26H26F3N3O4S2/c1-15-22(37-16(2)31-15)17-3-5-18(6-4-17)38(35,36)19-11-20(21(33)12-24(14-30)7-8-24)32(13-19)23(34)25(9-10-25)26(27,28)29/h3-6,19-20H,7-13H2,1-2H3/t19-,20+/m1/s1. The van der Waals surface area contributed by atoms with Gasteiger partial charge in [0.1, 0.15) is 5.41 Å². The van der Waals surface area contributed by atoms with Gasteiger partial charge in [-0.25, -0.2) is 13.4 Å². The minimum Gasteiger partial charge on any atom is -0.331 e. The number of carbonyl (C=O) groups is 2. The maximum Gasteiger partial charge on any atom is 0.403 e. The zero-order valence-electron chi connectivity index (χ0n) is 20.8. The summed E-state index contributed by atoms with van der Waals surface area (Å²) in [7, 11) is -4.07. The molecule has 1 aromatic carbocycles. The molecule has 5 rings (SSSR count). The van der Waals surface area contributed by atoms with Gasteiger partial charge in [-0.1, -0.05) is 12.1 Å². The lowest BCUT2D eigenvalue weighted by Gasteiger charge is -2.29. The van der Waals surface area contributed by atoms with E-state index in [1.54, 1.807) is 12.1 Å². The predicted octanol–water partition coefficient (Wildman–Crippen LogP) is 4.78. The molecular formula is C26H26F3N3O4S2. The van der Waals surface area contributed by atoms with Crippen molar-refractivity contribution >= 4 is 32.9 Å². The van der Waals surface area contributed by atoms with Crippen molar-refractivity contribution in [3.63, 3.8) is 0 Å². The highest BCUT2D eigenvalue weighted by Gasteiger charge is 2.70. The van der Waals surface area contributed by atoms with Crippen molar-refractivity contribution in [2.45, 2.75) is 74.7 Å². The number of nitriles is 1. The minimum absolute atomic E-state index is 0.0294. The third kappa shape index (κ3) is 4.43. The topological polar surface area (TPSA) is 108 Å². The van der Waals surface area contributed by atoms with Gasteiger partial charge in [0, 0.05) is 13.0 Å². The van der Waals surface area contributed by atoms with E-state index in [9.17, 15) is 36.4 Å². The average Bonchev–Trinajstić information content (AvgIpc) is 3.75. The minimum atomic E-state index is -4.79. The first kappa shape index (κ1) is 26.8. The van der Waals surface area contributed by atoms with Gasteiger partial charge in [-0.2, -0.15) is 18.4 Å². The highest BCUT2D eigenvalue weighted by molar-refractivity contribution is 7.92. The molecule has 3 fully saturated rings. The molecule has 1 aromatic heterocycles. The second kappa shape index (κ2) is 8.88. The summed E-state index contributed by atoms with van der Waals surface area (Å²) in [5.41, 5.74) is -1.83. The second-order valence-corrected chi connectivity index (χ2v) is 14.1. The van der Waals surface area contributed by atoms with Gasteiger partial charge in [-0.05, 0) is 63.6 Å². The maximum atomic E-state index is 13.8. The van der Waals surface area contributed by atoms with Crippen molar-refractivity contribution < 1.29 is 31.2 Å². The van der Waals surface area contributed by atoms with Gasteiger partial charge in [0.25, 0.3) is 0 Å². The molecule has 1 amide bonds. The Morgan fingerprint density at radius 1 is 1.16 bits per heavy atom. The number of halogens is 3. The van der Waals surface area contributed by atoms with E-state index in [2.05, 4.69) is 11.1 Å². The van der Waals surface area contributed by atoms with Crippen molar-refractivity contribution in [2.24, 2.45) is 10.8 Å². The van der Waals surface area contributed by atoms with Crippen molar-refractivity contribution in [1.29, 1.82) is 5.26 Å². The van der Waals surface area contributed by atoms with Crippen LogP contribution in [0.3, 0.4) is 0 Å². The van der Waals surface area contributed by atoms with Gasteiger partial charge in [0.05, 0.1) is 43.3 Å². The number of rotatable bonds is 7. The van der Waals surface area contributed by atoms with Crippen molar-refractivity contribution in [3.8, 4) is 16.5 Å². The predicted molar refractivity (Wildman–Crippen MR) is 133 cm³/mol. The summed E-state index contributed by atoms with van der Waals surface area (Å²) in [6, 6.07) is 6.95. The molecule has 0 bridgehead atoms. The number of amides is 1. The van der Waals surface area contributed by atoms with E-state index in [-0.39, 0.29) is 30.6 Å². The molecule has 1 aliphatic heterocycles. The first-order valence-corrected chi connectivity index (χ1v) is 14.7. The third-order valence-corrected chi connectivity index (χ3v) is 11.3. The van der Waals surface area contributed by atoms with E-state index in [0.717, 1.165) is 26.0 Å². The van der Waals surface area contributed by atoms with E-state index < -0.39 is 56.4 Å². The lowest BCUT2D eigenvalue weighted by molar-refractivity contribution is -0.199. The lowest BCUT2D eigenvalue weighted by atomic mass is 9.95. The van der Waals surface area contributed by atoms with Crippen LogP contribution in [0.15, 0.2) is 29.2 Å². The number of Topliss-reactive ketones (excluding diaryl/α,β-unsaturated/α-hetero) is 1. The van der Waals surface area contributed by atoms with E-state index in [1.165, 1.54) is 23.5 Å². The average molecular weight is 566 g/mol. The third-order valence-electron chi connectivity index (χ3n) is 7.99. The fraction of sp³-hybridized carbons (Fsp3) is 0.538. The van der Waals surface area contributed by atoms with Crippen LogP contribution < -0.4 is 0 Å². The first-order chi connectivity index (χ1) is 17.7. The van der Waals surface area contributed by atoms with Crippen LogP contribution in [0.5, 0.6) is 0 Å². The summed E-state index contributed by atoms with van der Waals surface area (Å²) in [6.45, 7) is 3.23. The monoisotopic (exact) mass is 565 g/mol. The molecule has 2 aromatic rings. The molecule has 0 N–H and O–H groups in total. The molecule has 12 heteroatoms. The molecule has 38 heavy (non-hydrogen) atoms. The number of nitrogens with zero attached hydrogens (tertiary/aromatic N) is 3. The Hall–Kier alpha value is -2.78. The number of likely N-dealkylation sites (tertiary alicyclic amines) is 1. The Kier molecular flexibility index (Phi) is 6.26. The van der Waals surface area contributed by atoms with Gasteiger partial charge >= 0.3 is 6.18 Å². The van der Waals surface area contributed by atoms with Crippen LogP contribution in [-0.4, -0.2) is 54.0 Å². The van der Waals surface area contributed by atoms with Crippen molar-refractivity contribution in [3.05, 3.63) is 35.0 Å². The number of ketones is 1. The smallest absolute Gasteiger partial charge is 0.331 e. The normalized spacial score (nSPS) is 23.6. The van der Waals surface area contributed by atoms with E-state index in [1.807, 2.05) is 13.8 Å². The van der Waals surface area contributed by atoms with Crippen LogP contribution in [0.1, 0.15) is 49.2 Å². The van der Waals surface area contributed by atoms with Crippen molar-refractivity contribution in [1.82, 2.24) is 9.88 Å². The number of aromatic nitrogens is 1. The van der Waals surface area contributed by atoms with Crippen LogP contribution in [0.4, 0.5) is 13.2 Å². The number of hydrogen-bond donors (Lipinski definition) is 0. The van der Waals surface area contributed by atoms with E-state index in [0.29, 0.717) is 12.8 Å². The molecule has 1 saturated heterocycles. The molecule has 2 atom stereocenters. The molecule has 202 valence electrons. The quantitative estimate of drug-likeness (QED) is 0.478. The Morgan fingerprint density at radius 3 is 2.26 bits per heavy atom. The van der Waals surface area contributed by atoms with Crippen LogP contribution >= 0.6 is 11.3 Å². The van der Waals surface area contributed by atoms with Gasteiger partial charge in [0.15, 0.2) is 15.6 Å². The Morgan fingerprint density at radius 2 is 1.79 bits per heavy atom. The molecule has 0 radical (unpaired) electrons. The van der Waals surface area contributed by atoms with Gasteiger partial charge in [-0.15, -0.1) is 11.3 Å². The zero-order valence-corrected chi connectivity index (χ0v) is 22.5. The summed E-state index contributed by atoms with van der Waals surface area (Å²) < 4.78 is 68.5. The zero-order chi connectivity index (χ0) is 27.7. The largest absolute Gasteiger partial charge is 0.403 e. The van der Waals surface area contributed by atoms with Gasteiger partial charge in [-0.3, -0.25) is 9.59 Å². The maximum absolute atomic E-state index is 13.8. The number of alkyl halides is 3. The van der Waals surface area contributed by atoms with E-state index >= 15 is 0 Å². The highest BCUT2D eigenvalue weighted by atomic mass is 32.2. The fourth-order valence-electron chi connectivity index (χ4n) is 5.29. The number of carbonyl (C=O) groups excluding carboxylic acids is 2. The SMILES string of the molecule is Cc1nc(C)c(-c2ccc(S(=O)(=O)[C@@H]3C[C@@H](C(=O)CC4(C#N)CC4)N(C(=O)C4(C(F)(F)F)CC4)C3)cc2)s1. The molecule has 2 aliphatic carbocycles. The lowest BCUT2D eigenvalue weighted by Crippen LogP contribution is -2.49. The van der Waals surface area contributed by atoms with Crippen LogP contribution in [-0.2, 0) is 19.4 Å². The van der Waals surface area contributed by atoms with Crippen LogP contribution in [0.2, 0.25) is 0 Å². The number of sulfone groups is 1. The molecule has 3 aliphatic rings. The fourth-order valence-corrected chi connectivity index (χ4v) is 7.91. The summed E-state index contributed by atoms with van der Waals surface area (Å²) in [6.07, 6.45) is -5.07. The highest BCUT2D eigenvalue weighted by Crippen LogP contribution is 2.59. The van der Waals surface area contributed by atoms with Gasteiger partial charge in [0.2, 0.25) is 5.91 Å². The summed E-state index contributed by atoms with van der Waals surface area (Å²) in [4.78, 5) is 32.5. The molecule has 0 unspecified atom stereocenters. The summed E-state index contributed by atoms with van der Waals surface area (Å²) >= 11 is 1.48. The Bertz CT molecular complexity index is 1450. The number of aryl methyl sites for hydroxylation is 2. The molecule has 7 nitrogen and oxygen atoms in total. The van der Waals surface area contributed by atoms with Crippen molar-refractivity contribution in [2.75, 3.05) is 6.54 Å². The summed E-state index contributed by atoms with van der Waals surface area (Å²) in [5.74, 6) is -1.80. The van der Waals surface area contributed by atoms with Crippen LogP contribution in [0, 0.1) is 36.0 Å². The second-order valence-electron chi connectivity index (χ2n) is 10.7.